The second kappa shape index (κ2) is 9.48. The SMILES string of the molecule is CC.CC.CCC1CCC(C)(F)CC1. The average Bonchev–Trinajstić information content (AvgIpc) is 2.24. The van der Waals surface area contributed by atoms with Crippen LogP contribution >= 0.6 is 0 Å². The molecule has 0 amide bonds. The fraction of sp³-hybridized carbons (Fsp3) is 1.00. The van der Waals surface area contributed by atoms with Crippen LogP contribution in [0, 0.1) is 5.92 Å². The van der Waals surface area contributed by atoms with Crippen molar-refractivity contribution in [3.8, 4) is 0 Å². The maximum Gasteiger partial charge on any atom is 0.108 e. The summed E-state index contributed by atoms with van der Waals surface area (Å²) in [6.45, 7) is 11.9. The summed E-state index contributed by atoms with van der Waals surface area (Å²) in [5.41, 5.74) is -0.842. The molecule has 0 aromatic rings. The maximum absolute atomic E-state index is 13.2. The molecule has 88 valence electrons. The van der Waals surface area contributed by atoms with Gasteiger partial charge < -0.3 is 0 Å². The lowest BCUT2D eigenvalue weighted by Crippen LogP contribution is -2.25. The van der Waals surface area contributed by atoms with E-state index in [2.05, 4.69) is 6.92 Å². The van der Waals surface area contributed by atoms with Gasteiger partial charge in [0.2, 0.25) is 0 Å². The minimum Gasteiger partial charge on any atom is -0.244 e. The molecule has 1 aliphatic rings. The molecular weight excluding hydrogens is 175 g/mol. The van der Waals surface area contributed by atoms with Gasteiger partial charge in [0, 0.05) is 0 Å². The molecule has 0 saturated heterocycles. The topological polar surface area (TPSA) is 0 Å². The second-order valence-electron chi connectivity index (χ2n) is 3.76. The minimum absolute atomic E-state index is 0.783. The summed E-state index contributed by atoms with van der Waals surface area (Å²) in [7, 11) is 0. The van der Waals surface area contributed by atoms with E-state index in [9.17, 15) is 4.39 Å². The summed E-state index contributed by atoms with van der Waals surface area (Å²) in [6.07, 6.45) is 5.00. The Morgan fingerprint density at radius 3 is 1.71 bits per heavy atom. The molecular formula is C13H29F. The fourth-order valence-corrected chi connectivity index (χ4v) is 1.69. The monoisotopic (exact) mass is 204 g/mol. The van der Waals surface area contributed by atoms with Gasteiger partial charge in [0.25, 0.3) is 0 Å². The highest BCUT2D eigenvalue weighted by atomic mass is 19.1. The van der Waals surface area contributed by atoms with Crippen molar-refractivity contribution in [1.29, 1.82) is 0 Å². The first-order valence-electron chi connectivity index (χ1n) is 6.33. The van der Waals surface area contributed by atoms with Crippen LogP contribution in [0.15, 0.2) is 0 Å². The summed E-state index contributed by atoms with van der Waals surface area (Å²) in [5, 5.41) is 0. The van der Waals surface area contributed by atoms with E-state index in [-0.39, 0.29) is 0 Å². The molecule has 0 heterocycles. The van der Waals surface area contributed by atoms with E-state index in [1.807, 2.05) is 27.7 Å². The molecule has 1 fully saturated rings. The molecule has 1 rings (SSSR count). The zero-order valence-electron chi connectivity index (χ0n) is 11.0. The van der Waals surface area contributed by atoms with Crippen LogP contribution in [0.5, 0.6) is 0 Å². The smallest absolute Gasteiger partial charge is 0.108 e. The Kier molecular flexibility index (Phi) is 11.1. The second-order valence-corrected chi connectivity index (χ2v) is 3.76. The van der Waals surface area contributed by atoms with Crippen molar-refractivity contribution in [2.75, 3.05) is 0 Å². The molecule has 1 saturated carbocycles. The fourth-order valence-electron chi connectivity index (χ4n) is 1.69. The third kappa shape index (κ3) is 7.34. The van der Waals surface area contributed by atoms with Gasteiger partial charge in [-0.2, -0.15) is 0 Å². The molecule has 0 spiro atoms. The van der Waals surface area contributed by atoms with Crippen LogP contribution in [0.3, 0.4) is 0 Å². The predicted molar refractivity (Wildman–Crippen MR) is 64.5 cm³/mol. The lowest BCUT2D eigenvalue weighted by atomic mass is 9.80. The molecule has 0 aromatic carbocycles. The predicted octanol–water partition coefficient (Wildman–Crippen LogP) is 5.37. The number of alkyl halides is 1. The van der Waals surface area contributed by atoms with Crippen LogP contribution < -0.4 is 0 Å². The molecule has 1 aliphatic carbocycles. The Morgan fingerprint density at radius 1 is 1.07 bits per heavy atom. The quantitative estimate of drug-likeness (QED) is 0.539. The zero-order valence-corrected chi connectivity index (χ0v) is 11.0. The van der Waals surface area contributed by atoms with Crippen LogP contribution in [0.1, 0.15) is 73.6 Å². The largest absolute Gasteiger partial charge is 0.244 e. The molecule has 1 heteroatoms. The number of rotatable bonds is 1. The van der Waals surface area contributed by atoms with Crippen molar-refractivity contribution in [2.45, 2.75) is 79.3 Å². The van der Waals surface area contributed by atoms with Crippen molar-refractivity contribution < 1.29 is 4.39 Å². The molecule has 0 radical (unpaired) electrons. The Labute approximate surface area is 90.3 Å². The summed E-state index contributed by atoms with van der Waals surface area (Å²) in [4.78, 5) is 0. The van der Waals surface area contributed by atoms with E-state index in [1.165, 1.54) is 6.42 Å². The number of halogens is 1. The average molecular weight is 204 g/mol. The van der Waals surface area contributed by atoms with E-state index in [1.54, 1.807) is 6.92 Å². The molecule has 0 bridgehead atoms. The van der Waals surface area contributed by atoms with Crippen LogP contribution in [-0.2, 0) is 0 Å². The Balaban J connectivity index is 0. The molecule has 14 heavy (non-hydrogen) atoms. The lowest BCUT2D eigenvalue weighted by Gasteiger charge is -2.30. The first-order chi connectivity index (χ1) is 6.64. The van der Waals surface area contributed by atoms with E-state index < -0.39 is 5.67 Å². The van der Waals surface area contributed by atoms with Crippen LogP contribution in [-0.4, -0.2) is 5.67 Å². The number of hydrogen-bond donors (Lipinski definition) is 0. The summed E-state index contributed by atoms with van der Waals surface area (Å²) >= 11 is 0. The van der Waals surface area contributed by atoms with Gasteiger partial charge in [-0.25, -0.2) is 4.39 Å². The van der Waals surface area contributed by atoms with Gasteiger partial charge in [-0.3, -0.25) is 0 Å². The third-order valence-corrected chi connectivity index (χ3v) is 2.73. The highest BCUT2D eigenvalue weighted by Crippen LogP contribution is 2.35. The third-order valence-electron chi connectivity index (χ3n) is 2.73. The van der Waals surface area contributed by atoms with Crippen molar-refractivity contribution in [3.63, 3.8) is 0 Å². The Morgan fingerprint density at radius 2 is 1.43 bits per heavy atom. The molecule has 0 atom stereocenters. The first-order valence-corrected chi connectivity index (χ1v) is 6.33. The highest BCUT2D eigenvalue weighted by molar-refractivity contribution is 4.81. The normalized spacial score (nSPS) is 30.6. The summed E-state index contributed by atoms with van der Waals surface area (Å²) in [6, 6.07) is 0. The van der Waals surface area contributed by atoms with Crippen molar-refractivity contribution >= 4 is 0 Å². The van der Waals surface area contributed by atoms with Crippen LogP contribution in [0.2, 0.25) is 0 Å². The molecule has 0 nitrogen and oxygen atoms in total. The van der Waals surface area contributed by atoms with Gasteiger partial charge in [-0.05, 0) is 38.5 Å². The summed E-state index contributed by atoms with van der Waals surface area (Å²) in [5.74, 6) is 0.809. The van der Waals surface area contributed by atoms with Crippen LogP contribution in [0.25, 0.3) is 0 Å². The van der Waals surface area contributed by atoms with Gasteiger partial charge in [0.05, 0.1) is 0 Å². The van der Waals surface area contributed by atoms with Crippen LogP contribution in [0.4, 0.5) is 4.39 Å². The van der Waals surface area contributed by atoms with Gasteiger partial charge in [0.15, 0.2) is 0 Å². The lowest BCUT2D eigenvalue weighted by molar-refractivity contribution is 0.102. The van der Waals surface area contributed by atoms with Crippen molar-refractivity contribution in [3.05, 3.63) is 0 Å². The van der Waals surface area contributed by atoms with Crippen molar-refractivity contribution in [2.24, 2.45) is 5.92 Å². The zero-order chi connectivity index (χ0) is 11.6. The van der Waals surface area contributed by atoms with Crippen molar-refractivity contribution in [1.82, 2.24) is 0 Å². The van der Waals surface area contributed by atoms with E-state index in [0.29, 0.717) is 0 Å². The molecule has 0 N–H and O–H groups in total. The van der Waals surface area contributed by atoms with Gasteiger partial charge in [0.1, 0.15) is 5.67 Å². The molecule has 0 unspecified atom stereocenters. The van der Waals surface area contributed by atoms with Gasteiger partial charge in [-0.1, -0.05) is 41.0 Å². The number of hydrogen-bond acceptors (Lipinski definition) is 0. The highest BCUT2D eigenvalue weighted by Gasteiger charge is 2.29. The summed E-state index contributed by atoms with van der Waals surface area (Å²) < 4.78 is 13.2. The van der Waals surface area contributed by atoms with E-state index in [0.717, 1.165) is 31.6 Å². The maximum atomic E-state index is 13.2. The van der Waals surface area contributed by atoms with E-state index >= 15 is 0 Å². The Hall–Kier alpha value is -0.0700. The first kappa shape index (κ1) is 16.4. The standard InChI is InChI=1S/C9H17F.2C2H6/c1-3-8-4-6-9(2,10)7-5-8;2*1-2/h8H,3-7H2,1-2H3;2*1-2H3. The van der Waals surface area contributed by atoms with Gasteiger partial charge in [-0.15, -0.1) is 0 Å². The van der Waals surface area contributed by atoms with Gasteiger partial charge >= 0.3 is 0 Å². The molecule has 0 aliphatic heterocycles. The van der Waals surface area contributed by atoms with E-state index in [4.69, 9.17) is 0 Å². The Bertz CT molecular complexity index is 97.8. The molecule has 0 aromatic heterocycles. The minimum atomic E-state index is -0.842.